The molecule has 0 rings (SSSR count). The Morgan fingerprint density at radius 3 is 1.02 bits per heavy atom. The van der Waals surface area contributed by atoms with Gasteiger partial charge in [-0.25, -0.2) is 4.57 Å². The molecule has 2 atom stereocenters. The minimum absolute atomic E-state index is 0.0448. The van der Waals surface area contributed by atoms with E-state index in [1.807, 2.05) is 0 Å². The third kappa shape index (κ3) is 65.9. The molecule has 0 aliphatic heterocycles. The average molecular weight is 1150 g/mol. The molecule has 10 heteroatoms. The Bertz CT molecular complexity index is 1650. The van der Waals surface area contributed by atoms with Crippen molar-refractivity contribution in [1.29, 1.82) is 0 Å². The zero-order valence-electron chi connectivity index (χ0n) is 52.5. The van der Waals surface area contributed by atoms with Crippen molar-refractivity contribution in [2.45, 2.75) is 315 Å². The SMILES string of the molecule is CC/C=C\C/C=C\C/C=C\C/C=C\C/C=C\CCCCCC(=O)OC(COC(=O)CCCCCCCCCCCCCCCCCCCCCCCCCCCC/C=C\C/C=C\C/C=C\CCCCCCC)COP(=O)(O)OCCN. The number of rotatable bonds is 63. The summed E-state index contributed by atoms with van der Waals surface area (Å²) in [5, 5.41) is 0. The van der Waals surface area contributed by atoms with Crippen LogP contribution < -0.4 is 5.73 Å². The first kappa shape index (κ1) is 77.9. The minimum atomic E-state index is -4.40. The maximum atomic E-state index is 12.7. The molecule has 0 aromatic carbocycles. The summed E-state index contributed by atoms with van der Waals surface area (Å²) in [4.78, 5) is 35.2. The maximum Gasteiger partial charge on any atom is 0.472 e. The van der Waals surface area contributed by atoms with Crippen molar-refractivity contribution in [1.82, 2.24) is 0 Å². The van der Waals surface area contributed by atoms with Gasteiger partial charge < -0.3 is 20.1 Å². The summed E-state index contributed by atoms with van der Waals surface area (Å²) in [5.41, 5.74) is 5.39. The van der Waals surface area contributed by atoms with Gasteiger partial charge in [0.1, 0.15) is 6.61 Å². The first-order valence-corrected chi connectivity index (χ1v) is 35.2. The van der Waals surface area contributed by atoms with Crippen LogP contribution in [0.3, 0.4) is 0 Å². The molecule has 0 aliphatic rings. The van der Waals surface area contributed by atoms with Crippen LogP contribution in [0.1, 0.15) is 309 Å². The lowest BCUT2D eigenvalue weighted by Gasteiger charge is -2.19. The Hall–Kier alpha value is -3.07. The maximum absolute atomic E-state index is 12.7. The van der Waals surface area contributed by atoms with Gasteiger partial charge >= 0.3 is 19.8 Å². The van der Waals surface area contributed by atoms with Gasteiger partial charge in [0.15, 0.2) is 6.10 Å². The second-order valence-electron chi connectivity index (χ2n) is 22.3. The molecule has 468 valence electrons. The summed E-state index contributed by atoms with van der Waals surface area (Å²) >= 11 is 0. The molecule has 0 heterocycles. The summed E-state index contributed by atoms with van der Waals surface area (Å²) in [6, 6.07) is 0. The number of hydrogen-bond acceptors (Lipinski definition) is 8. The Morgan fingerprint density at radius 1 is 0.383 bits per heavy atom. The van der Waals surface area contributed by atoms with Crippen molar-refractivity contribution < 1.29 is 37.6 Å². The molecule has 81 heavy (non-hydrogen) atoms. The highest BCUT2D eigenvalue weighted by Crippen LogP contribution is 2.43. The zero-order chi connectivity index (χ0) is 58.7. The number of carbonyl (C=O) groups excluding carboxylic acids is 2. The Morgan fingerprint density at radius 2 is 0.679 bits per heavy atom. The van der Waals surface area contributed by atoms with E-state index in [0.717, 1.165) is 83.5 Å². The lowest BCUT2D eigenvalue weighted by Crippen LogP contribution is -2.29. The highest BCUT2D eigenvalue weighted by atomic mass is 31.2. The number of phosphoric acid groups is 1. The molecular weight excluding hydrogens is 1030 g/mol. The lowest BCUT2D eigenvalue weighted by atomic mass is 10.0. The first-order valence-electron chi connectivity index (χ1n) is 33.7. The van der Waals surface area contributed by atoms with E-state index in [1.165, 1.54) is 193 Å². The molecule has 0 spiro atoms. The van der Waals surface area contributed by atoms with Crippen LogP contribution in [0.4, 0.5) is 0 Å². The molecule has 0 fully saturated rings. The van der Waals surface area contributed by atoms with Crippen LogP contribution in [0, 0.1) is 0 Å². The fraction of sp³-hybridized carbons (Fsp3) is 0.746. The van der Waals surface area contributed by atoms with Gasteiger partial charge in [0.05, 0.1) is 13.2 Å². The monoisotopic (exact) mass is 1150 g/mol. The molecular formula is C71H126NO8P. The summed E-state index contributed by atoms with van der Waals surface area (Å²) in [7, 11) is -4.40. The minimum Gasteiger partial charge on any atom is -0.462 e. The highest BCUT2D eigenvalue weighted by molar-refractivity contribution is 7.47. The molecule has 9 nitrogen and oxygen atoms in total. The van der Waals surface area contributed by atoms with E-state index < -0.39 is 26.5 Å². The van der Waals surface area contributed by atoms with Crippen LogP contribution in [0.5, 0.6) is 0 Å². The van der Waals surface area contributed by atoms with E-state index in [9.17, 15) is 19.0 Å². The second kappa shape index (κ2) is 66.1. The van der Waals surface area contributed by atoms with Crippen LogP contribution in [-0.4, -0.2) is 49.3 Å². The number of unbranched alkanes of at least 4 members (excludes halogenated alkanes) is 34. The zero-order valence-corrected chi connectivity index (χ0v) is 53.4. The number of nitrogens with two attached hydrogens (primary N) is 1. The first-order chi connectivity index (χ1) is 39.8. The molecule has 3 N–H and O–H groups in total. The van der Waals surface area contributed by atoms with Gasteiger partial charge in [-0.05, 0) is 96.3 Å². The highest BCUT2D eigenvalue weighted by Gasteiger charge is 2.26. The van der Waals surface area contributed by atoms with Crippen molar-refractivity contribution in [3.63, 3.8) is 0 Å². The third-order valence-corrected chi connectivity index (χ3v) is 15.4. The molecule has 0 radical (unpaired) electrons. The number of phosphoric ester groups is 1. The summed E-state index contributed by atoms with van der Waals surface area (Å²) in [6.45, 7) is 3.60. The Balaban J connectivity index is 3.79. The smallest absolute Gasteiger partial charge is 0.462 e. The van der Waals surface area contributed by atoms with E-state index in [-0.39, 0.29) is 38.6 Å². The summed E-state index contributed by atoms with van der Waals surface area (Å²) < 4.78 is 33.0. The van der Waals surface area contributed by atoms with Crippen LogP contribution in [0.25, 0.3) is 0 Å². The standard InChI is InChI=1S/C71H126NO8P/c1-3-5-7-9-11-13-15-17-19-21-23-24-25-26-27-28-29-30-31-32-33-34-35-36-37-38-39-40-41-42-43-44-46-47-49-51-53-55-57-59-61-63-70(73)77-67-69(68-79-81(75,76)78-66-65-72)80-71(74)64-62-60-58-56-54-52-50-48-45-22-20-18-16-14-12-10-8-6-4-2/h6,8,12,14-15,17-18,20-21,23,25-26,45,48,52,54,69H,3-5,7,9-11,13,16,19,22,24,27-44,46-47,49-51,53,55-68,72H2,1-2H3,(H,75,76)/b8-6-,14-12-,17-15-,20-18-,23-21-,26-25-,48-45-,54-52-. The Kier molecular flexibility index (Phi) is 63.6. The van der Waals surface area contributed by atoms with Gasteiger partial charge in [0, 0.05) is 19.4 Å². The Labute approximate surface area is 499 Å². The third-order valence-electron chi connectivity index (χ3n) is 14.5. The number of esters is 2. The lowest BCUT2D eigenvalue weighted by molar-refractivity contribution is -0.161. The van der Waals surface area contributed by atoms with Gasteiger partial charge in [-0.2, -0.15) is 0 Å². The van der Waals surface area contributed by atoms with Crippen molar-refractivity contribution in [2.75, 3.05) is 26.4 Å². The van der Waals surface area contributed by atoms with Crippen molar-refractivity contribution in [3.05, 3.63) is 97.2 Å². The predicted molar refractivity (Wildman–Crippen MR) is 348 cm³/mol. The number of carbonyl (C=O) groups is 2. The van der Waals surface area contributed by atoms with Gasteiger partial charge in [-0.15, -0.1) is 0 Å². The normalized spacial score (nSPS) is 13.6. The topological polar surface area (TPSA) is 134 Å². The van der Waals surface area contributed by atoms with Crippen molar-refractivity contribution >= 4 is 19.8 Å². The van der Waals surface area contributed by atoms with E-state index in [0.29, 0.717) is 6.42 Å². The van der Waals surface area contributed by atoms with Crippen LogP contribution >= 0.6 is 7.82 Å². The summed E-state index contributed by atoms with van der Waals surface area (Å²) in [5.74, 6) is -0.860. The fourth-order valence-corrected chi connectivity index (χ4v) is 10.3. The molecule has 0 amide bonds. The van der Waals surface area contributed by atoms with E-state index >= 15 is 0 Å². The van der Waals surface area contributed by atoms with Crippen LogP contribution in [0.2, 0.25) is 0 Å². The molecule has 0 aliphatic carbocycles. The molecule has 0 bridgehead atoms. The van der Waals surface area contributed by atoms with Crippen LogP contribution in [-0.2, 0) is 32.7 Å². The van der Waals surface area contributed by atoms with Crippen LogP contribution in [0.15, 0.2) is 97.2 Å². The second-order valence-corrected chi connectivity index (χ2v) is 23.8. The molecule has 0 saturated carbocycles. The summed E-state index contributed by atoms with van der Waals surface area (Å²) in [6.07, 6.45) is 89.5. The fourth-order valence-electron chi connectivity index (χ4n) is 9.50. The molecule has 0 aromatic rings. The number of ether oxygens (including phenoxy) is 2. The molecule has 2 unspecified atom stereocenters. The van der Waals surface area contributed by atoms with Gasteiger partial charge in [0.25, 0.3) is 0 Å². The van der Waals surface area contributed by atoms with E-state index in [4.69, 9.17) is 24.3 Å². The van der Waals surface area contributed by atoms with E-state index in [1.54, 1.807) is 0 Å². The quantitative estimate of drug-likeness (QED) is 0.0264. The van der Waals surface area contributed by atoms with E-state index in [2.05, 4.69) is 111 Å². The largest absolute Gasteiger partial charge is 0.472 e. The van der Waals surface area contributed by atoms with Crippen molar-refractivity contribution in [2.24, 2.45) is 5.73 Å². The molecule has 0 aromatic heterocycles. The number of hydrogen-bond donors (Lipinski definition) is 2. The molecule has 0 saturated heterocycles. The number of allylic oxidation sites excluding steroid dienone is 16. The van der Waals surface area contributed by atoms with Gasteiger partial charge in [-0.1, -0.05) is 297 Å². The van der Waals surface area contributed by atoms with Gasteiger partial charge in [-0.3, -0.25) is 18.6 Å². The van der Waals surface area contributed by atoms with Crippen molar-refractivity contribution in [3.8, 4) is 0 Å². The van der Waals surface area contributed by atoms with Gasteiger partial charge in [0.2, 0.25) is 0 Å². The average Bonchev–Trinajstić information content (AvgIpc) is 3.46. The predicted octanol–water partition coefficient (Wildman–Crippen LogP) is 22.0.